The van der Waals surface area contributed by atoms with E-state index in [1.807, 2.05) is 22.6 Å². The summed E-state index contributed by atoms with van der Waals surface area (Å²) < 4.78 is 2.59. The van der Waals surface area contributed by atoms with E-state index in [0.29, 0.717) is 25.5 Å². The molecule has 28 heavy (non-hydrogen) atoms. The number of nitrogens with zero attached hydrogens (tertiary/aromatic N) is 4. The molecule has 5 nitrogen and oxygen atoms in total. The van der Waals surface area contributed by atoms with E-state index in [-0.39, 0.29) is 5.91 Å². The zero-order valence-electron chi connectivity index (χ0n) is 15.8. The Morgan fingerprint density at radius 2 is 1.79 bits per heavy atom. The van der Waals surface area contributed by atoms with Gasteiger partial charge >= 0.3 is 0 Å². The molecule has 2 fully saturated rings. The first-order valence-corrected chi connectivity index (χ1v) is 11.5. The Morgan fingerprint density at radius 1 is 1.11 bits per heavy atom. The number of aromatic nitrogens is 2. The zero-order valence-corrected chi connectivity index (χ0v) is 19.5. The lowest BCUT2D eigenvalue weighted by Gasteiger charge is -2.36. The largest absolute Gasteiger partial charge is 0.337 e. The molecule has 2 aliphatic rings. The Hall–Kier alpha value is -0.830. The second-order valence-electron chi connectivity index (χ2n) is 7.53. The standard InChI is InChI=1S/C20H23Cl2IN4O/c1-25-17(18(23)24-19(25)13-4-5-15(21)16(22)12-13)20(28)27-10-6-14(7-11-27)26-8-2-3-9-26/h4-5,12,14H,2-3,6-11H2,1H3. The predicted molar refractivity (Wildman–Crippen MR) is 121 cm³/mol. The maximum atomic E-state index is 13.2. The molecule has 8 heteroatoms. The van der Waals surface area contributed by atoms with Crippen molar-refractivity contribution in [2.75, 3.05) is 26.2 Å². The van der Waals surface area contributed by atoms with Gasteiger partial charge in [-0.2, -0.15) is 0 Å². The summed E-state index contributed by atoms with van der Waals surface area (Å²) in [4.78, 5) is 22.4. The second-order valence-corrected chi connectivity index (χ2v) is 9.37. The minimum atomic E-state index is 0.0607. The Labute approximate surface area is 189 Å². The molecule has 0 saturated carbocycles. The van der Waals surface area contributed by atoms with Gasteiger partial charge in [0.25, 0.3) is 5.91 Å². The van der Waals surface area contributed by atoms with Crippen LogP contribution in [0.5, 0.6) is 0 Å². The lowest BCUT2D eigenvalue weighted by Crippen LogP contribution is -2.46. The van der Waals surface area contributed by atoms with Crippen LogP contribution in [0.3, 0.4) is 0 Å². The average molecular weight is 533 g/mol. The summed E-state index contributed by atoms with van der Waals surface area (Å²) in [5.74, 6) is 0.781. The molecule has 2 saturated heterocycles. The van der Waals surface area contributed by atoms with Crippen LogP contribution in [0.1, 0.15) is 36.2 Å². The highest BCUT2D eigenvalue weighted by atomic mass is 127. The van der Waals surface area contributed by atoms with Crippen molar-refractivity contribution < 1.29 is 4.79 Å². The number of likely N-dealkylation sites (tertiary alicyclic amines) is 2. The molecular weight excluding hydrogens is 510 g/mol. The van der Waals surface area contributed by atoms with Gasteiger partial charge < -0.3 is 14.4 Å². The number of benzene rings is 1. The average Bonchev–Trinajstić information content (AvgIpc) is 3.32. The van der Waals surface area contributed by atoms with Crippen LogP contribution in [-0.2, 0) is 7.05 Å². The van der Waals surface area contributed by atoms with Gasteiger partial charge in [0, 0.05) is 31.7 Å². The molecule has 0 radical (unpaired) electrons. The minimum Gasteiger partial charge on any atom is -0.337 e. The Bertz CT molecular complexity index is 887. The lowest BCUT2D eigenvalue weighted by molar-refractivity contribution is 0.0634. The Balaban J connectivity index is 1.52. The van der Waals surface area contributed by atoms with Crippen LogP contribution in [0, 0.1) is 3.70 Å². The van der Waals surface area contributed by atoms with Crippen molar-refractivity contribution in [2.24, 2.45) is 7.05 Å². The summed E-state index contributed by atoms with van der Waals surface area (Å²) in [6.07, 6.45) is 4.73. The van der Waals surface area contributed by atoms with E-state index < -0.39 is 0 Å². The maximum absolute atomic E-state index is 13.2. The number of imidazole rings is 1. The Kier molecular flexibility index (Phi) is 6.20. The molecule has 1 amide bonds. The van der Waals surface area contributed by atoms with Gasteiger partial charge in [0.15, 0.2) is 0 Å². The topological polar surface area (TPSA) is 41.4 Å². The van der Waals surface area contributed by atoms with Crippen molar-refractivity contribution >= 4 is 51.7 Å². The van der Waals surface area contributed by atoms with Crippen molar-refractivity contribution in [3.8, 4) is 11.4 Å². The number of carbonyl (C=O) groups is 1. The molecule has 1 aromatic carbocycles. The van der Waals surface area contributed by atoms with E-state index in [0.717, 1.165) is 37.3 Å². The van der Waals surface area contributed by atoms with Crippen LogP contribution in [0.2, 0.25) is 10.0 Å². The molecule has 0 atom stereocenters. The minimum absolute atomic E-state index is 0.0607. The maximum Gasteiger partial charge on any atom is 0.273 e. The fourth-order valence-electron chi connectivity index (χ4n) is 4.28. The van der Waals surface area contributed by atoms with Crippen LogP contribution >= 0.6 is 45.8 Å². The van der Waals surface area contributed by atoms with Gasteiger partial charge in [-0.15, -0.1) is 0 Å². The van der Waals surface area contributed by atoms with Gasteiger partial charge in [0.05, 0.1) is 10.0 Å². The van der Waals surface area contributed by atoms with E-state index in [1.165, 1.54) is 25.9 Å². The van der Waals surface area contributed by atoms with E-state index in [2.05, 4.69) is 32.5 Å². The normalized spacial score (nSPS) is 18.8. The molecule has 0 aliphatic carbocycles. The smallest absolute Gasteiger partial charge is 0.273 e. The van der Waals surface area contributed by atoms with Crippen LogP contribution < -0.4 is 0 Å². The van der Waals surface area contributed by atoms with Gasteiger partial charge in [0.2, 0.25) is 0 Å². The summed E-state index contributed by atoms with van der Waals surface area (Å²) in [7, 11) is 1.89. The molecule has 0 unspecified atom stereocenters. The van der Waals surface area contributed by atoms with Crippen LogP contribution in [0.4, 0.5) is 0 Å². The molecule has 150 valence electrons. The van der Waals surface area contributed by atoms with Gasteiger partial charge in [-0.1, -0.05) is 23.2 Å². The van der Waals surface area contributed by atoms with Crippen molar-refractivity contribution in [3.05, 3.63) is 37.6 Å². The lowest BCUT2D eigenvalue weighted by atomic mass is 10.0. The molecule has 0 spiro atoms. The highest BCUT2D eigenvalue weighted by Crippen LogP contribution is 2.30. The number of rotatable bonds is 3. The second kappa shape index (κ2) is 8.50. The van der Waals surface area contributed by atoms with E-state index in [1.54, 1.807) is 12.1 Å². The fraction of sp³-hybridized carbons (Fsp3) is 0.500. The van der Waals surface area contributed by atoms with Crippen LogP contribution in [0.15, 0.2) is 18.2 Å². The third-order valence-electron chi connectivity index (χ3n) is 5.84. The third-order valence-corrected chi connectivity index (χ3v) is 7.33. The van der Waals surface area contributed by atoms with Crippen LogP contribution in [-0.4, -0.2) is 57.5 Å². The monoisotopic (exact) mass is 532 g/mol. The number of piperidine rings is 1. The first-order valence-electron chi connectivity index (χ1n) is 9.66. The molecule has 2 aromatic rings. The predicted octanol–water partition coefficient (Wildman–Crippen LogP) is 4.70. The number of carbonyl (C=O) groups excluding carboxylic acids is 1. The van der Waals surface area contributed by atoms with E-state index in [9.17, 15) is 4.79 Å². The van der Waals surface area contributed by atoms with E-state index in [4.69, 9.17) is 23.2 Å². The number of hydrogen-bond acceptors (Lipinski definition) is 3. The van der Waals surface area contributed by atoms with Gasteiger partial charge in [0.1, 0.15) is 15.2 Å². The van der Waals surface area contributed by atoms with Crippen molar-refractivity contribution in [2.45, 2.75) is 31.7 Å². The first-order chi connectivity index (χ1) is 13.5. The van der Waals surface area contributed by atoms with Crippen molar-refractivity contribution in [3.63, 3.8) is 0 Å². The molecular formula is C20H23Cl2IN4O. The fourth-order valence-corrected chi connectivity index (χ4v) is 5.40. The van der Waals surface area contributed by atoms with Crippen molar-refractivity contribution in [1.82, 2.24) is 19.4 Å². The molecule has 0 bridgehead atoms. The summed E-state index contributed by atoms with van der Waals surface area (Å²) in [6.45, 7) is 4.04. The number of amides is 1. The highest BCUT2D eigenvalue weighted by molar-refractivity contribution is 14.1. The Morgan fingerprint density at radius 3 is 2.43 bits per heavy atom. The molecule has 1 aromatic heterocycles. The zero-order chi connectivity index (χ0) is 19.8. The van der Waals surface area contributed by atoms with Crippen molar-refractivity contribution in [1.29, 1.82) is 0 Å². The highest BCUT2D eigenvalue weighted by Gasteiger charge is 2.31. The summed E-state index contributed by atoms with van der Waals surface area (Å²) in [5, 5.41) is 0.987. The van der Waals surface area contributed by atoms with Gasteiger partial charge in [-0.05, 0) is 79.6 Å². The molecule has 0 N–H and O–H groups in total. The molecule has 3 heterocycles. The van der Waals surface area contributed by atoms with Crippen LogP contribution in [0.25, 0.3) is 11.4 Å². The summed E-state index contributed by atoms with van der Waals surface area (Å²) >= 11 is 14.3. The SMILES string of the molecule is Cn1c(-c2ccc(Cl)c(Cl)c2)nc(I)c1C(=O)N1CCC(N2CCCC2)CC1. The molecule has 2 aliphatic heterocycles. The van der Waals surface area contributed by atoms with Gasteiger partial charge in [-0.3, -0.25) is 4.79 Å². The quantitative estimate of drug-likeness (QED) is 0.538. The first kappa shape index (κ1) is 20.4. The molecule has 4 rings (SSSR count). The van der Waals surface area contributed by atoms with E-state index >= 15 is 0 Å². The summed E-state index contributed by atoms with van der Waals surface area (Å²) in [6, 6.07) is 6.05. The summed E-state index contributed by atoms with van der Waals surface area (Å²) in [5.41, 5.74) is 1.49. The number of hydrogen-bond donors (Lipinski definition) is 0. The van der Waals surface area contributed by atoms with Gasteiger partial charge in [-0.25, -0.2) is 4.98 Å². The third kappa shape index (κ3) is 3.93. The number of halogens is 3.